The zero-order valence-electron chi connectivity index (χ0n) is 18.6. The Morgan fingerprint density at radius 3 is 2.65 bits per heavy atom. The minimum Gasteiger partial charge on any atom is -0.497 e. The predicted octanol–water partition coefficient (Wildman–Crippen LogP) is 3.23. The molecule has 1 atom stereocenters. The van der Waals surface area contributed by atoms with E-state index in [1.807, 2.05) is 24.3 Å². The van der Waals surface area contributed by atoms with Crippen molar-refractivity contribution in [2.24, 2.45) is 5.10 Å². The smallest absolute Gasteiger partial charge is 0.340 e. The average Bonchev–Trinajstić information content (AvgIpc) is 3.56. The molecular weight excluding hydrogens is 438 g/mol. The van der Waals surface area contributed by atoms with E-state index in [1.165, 1.54) is 5.01 Å². The van der Waals surface area contributed by atoms with E-state index in [0.29, 0.717) is 23.6 Å². The number of hydrazone groups is 1. The molecule has 0 saturated heterocycles. The molecule has 2 aromatic carbocycles. The summed E-state index contributed by atoms with van der Waals surface area (Å²) < 4.78 is 16.1. The third-order valence-corrected chi connectivity index (χ3v) is 5.36. The zero-order valence-corrected chi connectivity index (χ0v) is 18.6. The molecule has 0 bridgehead atoms. The van der Waals surface area contributed by atoms with E-state index in [2.05, 4.69) is 10.4 Å². The van der Waals surface area contributed by atoms with E-state index in [4.69, 9.17) is 19.0 Å². The van der Waals surface area contributed by atoms with Crippen molar-refractivity contribution in [2.45, 2.75) is 12.5 Å². The molecule has 1 amide bonds. The van der Waals surface area contributed by atoms with Crippen LogP contribution in [0.4, 0.5) is 5.69 Å². The highest BCUT2D eigenvalue weighted by Crippen LogP contribution is 2.33. The summed E-state index contributed by atoms with van der Waals surface area (Å²) in [6.07, 6.45) is 1.99. The van der Waals surface area contributed by atoms with E-state index >= 15 is 0 Å². The third-order valence-electron chi connectivity index (χ3n) is 5.36. The molecule has 0 aliphatic carbocycles. The number of carbonyl (C=O) groups is 2. The van der Waals surface area contributed by atoms with Crippen LogP contribution in [0.1, 0.15) is 34.1 Å². The summed E-state index contributed by atoms with van der Waals surface area (Å²) in [4.78, 5) is 25.7. The molecule has 1 aliphatic rings. The highest BCUT2D eigenvalue weighted by molar-refractivity contribution is 6.03. The number of nitrogens with zero attached hydrogens (tertiary/aromatic N) is 2. The number of carbonyl (C=O) groups excluding carboxylic acids is 2. The fourth-order valence-corrected chi connectivity index (χ4v) is 3.68. The van der Waals surface area contributed by atoms with Crippen LogP contribution in [0.2, 0.25) is 0 Å². The lowest BCUT2D eigenvalue weighted by atomic mass is 10.0. The number of esters is 1. The lowest BCUT2D eigenvalue weighted by Gasteiger charge is -2.20. The number of anilines is 1. The number of aliphatic hydroxyl groups is 1. The Hall–Kier alpha value is -4.11. The van der Waals surface area contributed by atoms with Crippen LogP contribution in [0, 0.1) is 0 Å². The molecule has 0 radical (unpaired) electrons. The topological polar surface area (TPSA) is 114 Å². The number of ether oxygens (including phenoxy) is 2. The van der Waals surface area contributed by atoms with Crippen molar-refractivity contribution in [1.82, 2.24) is 5.01 Å². The lowest BCUT2D eigenvalue weighted by molar-refractivity contribution is -0.136. The number of methoxy groups -OCH3 is 1. The fraction of sp³-hybridized carbons (Fsp3) is 0.240. The summed E-state index contributed by atoms with van der Waals surface area (Å²) in [5.74, 6) is 0.186. The van der Waals surface area contributed by atoms with Crippen molar-refractivity contribution in [1.29, 1.82) is 0 Å². The van der Waals surface area contributed by atoms with Crippen LogP contribution >= 0.6 is 0 Å². The first kappa shape index (κ1) is 23.1. The lowest BCUT2D eigenvalue weighted by Crippen LogP contribution is -2.31. The van der Waals surface area contributed by atoms with Crippen LogP contribution < -0.4 is 10.1 Å². The van der Waals surface area contributed by atoms with Crippen molar-refractivity contribution < 1.29 is 28.6 Å². The number of nitrogens with one attached hydrogen (secondary N) is 1. The minimum atomic E-state index is -0.650. The summed E-state index contributed by atoms with van der Waals surface area (Å²) in [5, 5.41) is 17.8. The number of amides is 1. The molecular formula is C25H25N3O6. The molecule has 0 fully saturated rings. The SMILES string of the molecule is COc1ccc(C2=NN(C(=O)COC(=O)c3ccccc3NCCO)[C@@H](c3ccco3)C2)cc1. The van der Waals surface area contributed by atoms with Crippen LogP contribution in [0.3, 0.4) is 0 Å². The normalized spacial score (nSPS) is 15.1. The monoisotopic (exact) mass is 463 g/mol. The van der Waals surface area contributed by atoms with Crippen molar-refractivity contribution >= 4 is 23.3 Å². The van der Waals surface area contributed by atoms with Gasteiger partial charge in [-0.3, -0.25) is 4.79 Å². The highest BCUT2D eigenvalue weighted by atomic mass is 16.5. The molecule has 0 saturated carbocycles. The van der Waals surface area contributed by atoms with Gasteiger partial charge in [-0.1, -0.05) is 12.1 Å². The molecule has 2 N–H and O–H groups in total. The Balaban J connectivity index is 1.49. The number of hydrogen-bond acceptors (Lipinski definition) is 8. The maximum absolute atomic E-state index is 13.1. The van der Waals surface area contributed by atoms with Crippen LogP contribution in [-0.2, 0) is 9.53 Å². The second-order valence-electron chi connectivity index (χ2n) is 7.52. The van der Waals surface area contributed by atoms with Crippen molar-refractivity contribution in [3.63, 3.8) is 0 Å². The summed E-state index contributed by atoms with van der Waals surface area (Å²) in [7, 11) is 1.60. The maximum Gasteiger partial charge on any atom is 0.340 e. The zero-order chi connectivity index (χ0) is 23.9. The quantitative estimate of drug-likeness (QED) is 0.469. The third kappa shape index (κ3) is 5.10. The van der Waals surface area contributed by atoms with Crippen molar-refractivity contribution in [3.05, 3.63) is 83.8 Å². The highest BCUT2D eigenvalue weighted by Gasteiger charge is 2.35. The van der Waals surface area contributed by atoms with Gasteiger partial charge in [-0.05, 0) is 54.1 Å². The van der Waals surface area contributed by atoms with Gasteiger partial charge >= 0.3 is 5.97 Å². The molecule has 1 aliphatic heterocycles. The molecule has 9 heteroatoms. The maximum atomic E-state index is 13.1. The van der Waals surface area contributed by atoms with Gasteiger partial charge in [0.25, 0.3) is 5.91 Å². The van der Waals surface area contributed by atoms with Crippen LogP contribution in [0.5, 0.6) is 5.75 Å². The van der Waals surface area contributed by atoms with Gasteiger partial charge in [-0.2, -0.15) is 5.10 Å². The number of rotatable bonds is 9. The Bertz CT molecular complexity index is 1160. The number of hydrogen-bond donors (Lipinski definition) is 2. The van der Waals surface area contributed by atoms with Gasteiger partial charge in [0.2, 0.25) is 0 Å². The van der Waals surface area contributed by atoms with Crippen LogP contribution in [0.15, 0.2) is 76.4 Å². The Kier molecular flexibility index (Phi) is 7.24. The fourth-order valence-electron chi connectivity index (χ4n) is 3.68. The Morgan fingerprint density at radius 1 is 1.15 bits per heavy atom. The first-order valence-electron chi connectivity index (χ1n) is 10.8. The predicted molar refractivity (Wildman–Crippen MR) is 125 cm³/mol. The Morgan fingerprint density at radius 2 is 1.94 bits per heavy atom. The van der Waals surface area contributed by atoms with Crippen LogP contribution in [0.25, 0.3) is 0 Å². The molecule has 0 unspecified atom stereocenters. The minimum absolute atomic E-state index is 0.0838. The van der Waals surface area contributed by atoms with Gasteiger partial charge in [-0.25, -0.2) is 9.80 Å². The van der Waals surface area contributed by atoms with E-state index in [1.54, 1.807) is 49.8 Å². The molecule has 176 valence electrons. The number of para-hydroxylation sites is 1. The second-order valence-corrected chi connectivity index (χ2v) is 7.52. The first-order valence-corrected chi connectivity index (χ1v) is 10.8. The molecule has 9 nitrogen and oxygen atoms in total. The molecule has 2 heterocycles. The number of benzene rings is 2. The van der Waals surface area contributed by atoms with Gasteiger partial charge in [0.1, 0.15) is 17.6 Å². The van der Waals surface area contributed by atoms with E-state index < -0.39 is 24.5 Å². The number of furan rings is 1. The average molecular weight is 463 g/mol. The summed E-state index contributed by atoms with van der Waals surface area (Å²) in [5.41, 5.74) is 2.36. The summed E-state index contributed by atoms with van der Waals surface area (Å²) in [6.45, 7) is -0.284. The molecule has 34 heavy (non-hydrogen) atoms. The van der Waals surface area contributed by atoms with Gasteiger partial charge in [0, 0.05) is 18.7 Å². The van der Waals surface area contributed by atoms with Gasteiger partial charge in [-0.15, -0.1) is 0 Å². The van der Waals surface area contributed by atoms with Gasteiger partial charge in [0.15, 0.2) is 6.61 Å². The standard InChI is InChI=1S/C25H25N3O6/c1-32-18-10-8-17(9-11-18)21-15-22(23-7-4-14-33-23)28(27-21)24(30)16-34-25(31)19-5-2-3-6-20(19)26-12-13-29/h2-11,14,22,26,29H,12-13,15-16H2,1H3/t22-/m1/s1. The van der Waals surface area contributed by atoms with Crippen molar-refractivity contribution in [3.8, 4) is 5.75 Å². The summed E-state index contributed by atoms with van der Waals surface area (Å²) in [6, 6.07) is 17.2. The summed E-state index contributed by atoms with van der Waals surface area (Å²) >= 11 is 0. The van der Waals surface area contributed by atoms with Crippen LogP contribution in [-0.4, -0.2) is 54.6 Å². The van der Waals surface area contributed by atoms with Crippen molar-refractivity contribution in [2.75, 3.05) is 32.2 Å². The largest absolute Gasteiger partial charge is 0.497 e. The molecule has 3 aromatic rings. The molecule has 0 spiro atoms. The van der Waals surface area contributed by atoms with Gasteiger partial charge in [0.05, 0.1) is 31.3 Å². The van der Waals surface area contributed by atoms with Gasteiger partial charge < -0.3 is 24.3 Å². The van der Waals surface area contributed by atoms with E-state index in [9.17, 15) is 9.59 Å². The molecule has 4 rings (SSSR count). The van der Waals surface area contributed by atoms with E-state index in [-0.39, 0.29) is 18.7 Å². The van der Waals surface area contributed by atoms with E-state index in [0.717, 1.165) is 11.3 Å². The molecule has 1 aromatic heterocycles. The first-order chi connectivity index (χ1) is 16.6. The second kappa shape index (κ2) is 10.7. The number of aliphatic hydroxyl groups excluding tert-OH is 1. The Labute approximate surface area is 196 Å².